The van der Waals surface area contributed by atoms with E-state index in [9.17, 15) is 4.79 Å². The van der Waals surface area contributed by atoms with Gasteiger partial charge >= 0.3 is 0 Å². The fourth-order valence-corrected chi connectivity index (χ4v) is 3.86. The van der Waals surface area contributed by atoms with Gasteiger partial charge in [-0.25, -0.2) is 4.99 Å². The van der Waals surface area contributed by atoms with Gasteiger partial charge in [-0.1, -0.05) is 32.0 Å². The number of halogens is 1. The number of rotatable bonds is 7. The zero-order chi connectivity index (χ0) is 22.4. The monoisotopic (exact) mass is 554 g/mol. The Hall–Kier alpha value is -2.30. The molecule has 2 N–H and O–H groups in total. The maximum absolute atomic E-state index is 12.2. The molecule has 0 radical (unpaired) electrons. The minimum absolute atomic E-state index is 0. The molecule has 1 unspecified atom stereocenters. The molecule has 1 aromatic carbocycles. The van der Waals surface area contributed by atoms with Crippen molar-refractivity contribution in [3.8, 4) is 5.75 Å². The molecule has 1 atom stereocenters. The van der Waals surface area contributed by atoms with Gasteiger partial charge in [0.1, 0.15) is 5.75 Å². The molecule has 9 heteroatoms. The SMILES string of the molecule is CCc1nn(C)c(CC)c1CN=C(NCC(=O)N(C)C)NC1CCOc2ccccc21.I. The molecule has 1 aliphatic rings. The summed E-state index contributed by atoms with van der Waals surface area (Å²) in [5, 5.41) is 11.4. The highest BCUT2D eigenvalue weighted by molar-refractivity contribution is 14.0. The number of benzene rings is 1. The minimum Gasteiger partial charge on any atom is -0.493 e. The number of aromatic nitrogens is 2. The van der Waals surface area contributed by atoms with Gasteiger partial charge in [0, 0.05) is 44.4 Å². The molecule has 1 amide bonds. The number of carbonyl (C=O) groups excluding carboxylic acids is 1. The van der Waals surface area contributed by atoms with Crippen LogP contribution >= 0.6 is 24.0 Å². The van der Waals surface area contributed by atoms with Gasteiger partial charge in [-0.3, -0.25) is 9.48 Å². The van der Waals surface area contributed by atoms with Crippen molar-refractivity contribution in [2.45, 2.75) is 45.7 Å². The smallest absolute Gasteiger partial charge is 0.241 e. The van der Waals surface area contributed by atoms with Crippen molar-refractivity contribution in [2.75, 3.05) is 27.2 Å². The Bertz CT molecular complexity index is 941. The average Bonchev–Trinajstić information content (AvgIpc) is 3.09. The summed E-state index contributed by atoms with van der Waals surface area (Å²) < 4.78 is 7.74. The van der Waals surface area contributed by atoms with E-state index in [4.69, 9.17) is 9.73 Å². The number of aliphatic imine (C=N–C) groups is 1. The van der Waals surface area contributed by atoms with Crippen LogP contribution in [0.25, 0.3) is 0 Å². The zero-order valence-corrected chi connectivity index (χ0v) is 22.0. The highest BCUT2D eigenvalue weighted by atomic mass is 127. The fourth-order valence-electron chi connectivity index (χ4n) is 3.86. The second kappa shape index (κ2) is 12.1. The first kappa shape index (κ1) is 26.0. The van der Waals surface area contributed by atoms with Crippen molar-refractivity contribution < 1.29 is 9.53 Å². The molecule has 0 bridgehead atoms. The van der Waals surface area contributed by atoms with Crippen LogP contribution in [0.1, 0.15) is 48.8 Å². The van der Waals surface area contributed by atoms with Gasteiger partial charge in [0.2, 0.25) is 5.91 Å². The lowest BCUT2D eigenvalue weighted by Gasteiger charge is -2.28. The summed E-state index contributed by atoms with van der Waals surface area (Å²) in [7, 11) is 5.48. The van der Waals surface area contributed by atoms with Crippen LogP contribution in [-0.4, -0.2) is 53.8 Å². The van der Waals surface area contributed by atoms with Crippen LogP contribution in [0.5, 0.6) is 5.75 Å². The second-order valence-electron chi connectivity index (χ2n) is 7.88. The summed E-state index contributed by atoms with van der Waals surface area (Å²) >= 11 is 0. The van der Waals surface area contributed by atoms with E-state index in [0.29, 0.717) is 19.1 Å². The number of aryl methyl sites for hydroxylation is 2. The molecule has 3 rings (SSSR count). The van der Waals surface area contributed by atoms with Crippen molar-refractivity contribution in [3.63, 3.8) is 0 Å². The van der Waals surface area contributed by atoms with Crippen LogP contribution in [0.4, 0.5) is 0 Å². The number of hydrogen-bond donors (Lipinski definition) is 2. The molecular weight excluding hydrogens is 519 g/mol. The molecule has 2 aromatic rings. The summed E-state index contributed by atoms with van der Waals surface area (Å²) in [4.78, 5) is 18.6. The van der Waals surface area contributed by atoms with Gasteiger partial charge in [0.25, 0.3) is 0 Å². The Morgan fingerprint density at radius 3 is 2.72 bits per heavy atom. The number of hydrogen-bond acceptors (Lipinski definition) is 4. The van der Waals surface area contributed by atoms with E-state index in [1.807, 2.05) is 29.9 Å². The lowest BCUT2D eigenvalue weighted by Crippen LogP contribution is -2.45. The van der Waals surface area contributed by atoms with Gasteiger partial charge in [-0.2, -0.15) is 5.10 Å². The topological polar surface area (TPSA) is 83.8 Å². The molecule has 8 nitrogen and oxygen atoms in total. The molecular formula is C23H35IN6O2. The van der Waals surface area contributed by atoms with Crippen molar-refractivity contribution in [2.24, 2.45) is 12.0 Å². The number of guanidine groups is 1. The lowest BCUT2D eigenvalue weighted by atomic mass is 10.0. The maximum atomic E-state index is 12.2. The van der Waals surface area contributed by atoms with Crippen molar-refractivity contribution >= 4 is 35.8 Å². The summed E-state index contributed by atoms with van der Waals surface area (Å²) in [5.74, 6) is 1.50. The molecule has 0 fully saturated rings. The number of amides is 1. The zero-order valence-electron chi connectivity index (χ0n) is 19.6. The quantitative estimate of drug-likeness (QED) is 0.313. The van der Waals surface area contributed by atoms with Crippen molar-refractivity contribution in [1.29, 1.82) is 0 Å². The van der Waals surface area contributed by atoms with E-state index in [1.54, 1.807) is 19.0 Å². The van der Waals surface area contributed by atoms with Crippen molar-refractivity contribution in [1.82, 2.24) is 25.3 Å². The van der Waals surface area contributed by atoms with Crippen LogP contribution in [0.15, 0.2) is 29.3 Å². The molecule has 1 aromatic heterocycles. The first-order valence-electron chi connectivity index (χ1n) is 10.9. The van der Waals surface area contributed by atoms with Crippen molar-refractivity contribution in [3.05, 3.63) is 46.8 Å². The summed E-state index contributed by atoms with van der Waals surface area (Å²) in [6.45, 7) is 5.58. The minimum atomic E-state index is -0.00764. The van der Waals surface area contributed by atoms with Crippen LogP contribution in [-0.2, 0) is 31.2 Å². The summed E-state index contributed by atoms with van der Waals surface area (Å²) in [6, 6.07) is 8.11. The molecule has 0 saturated carbocycles. The van der Waals surface area contributed by atoms with E-state index in [-0.39, 0.29) is 42.5 Å². The van der Waals surface area contributed by atoms with E-state index >= 15 is 0 Å². The van der Waals surface area contributed by atoms with Gasteiger partial charge in [-0.15, -0.1) is 24.0 Å². The Labute approximate surface area is 207 Å². The summed E-state index contributed by atoms with van der Waals surface area (Å²) in [6.07, 6.45) is 2.59. The maximum Gasteiger partial charge on any atom is 0.241 e. The molecule has 2 heterocycles. The Kier molecular flexibility index (Phi) is 9.80. The van der Waals surface area contributed by atoms with Gasteiger partial charge in [-0.05, 0) is 18.9 Å². The van der Waals surface area contributed by atoms with E-state index in [2.05, 4.69) is 35.6 Å². The number of nitrogens with zero attached hydrogens (tertiary/aromatic N) is 4. The predicted molar refractivity (Wildman–Crippen MR) is 138 cm³/mol. The van der Waals surface area contributed by atoms with Crippen LogP contribution in [0, 0.1) is 0 Å². The average molecular weight is 554 g/mol. The largest absolute Gasteiger partial charge is 0.493 e. The number of carbonyl (C=O) groups is 1. The highest BCUT2D eigenvalue weighted by Crippen LogP contribution is 2.31. The number of likely N-dealkylation sites (N-methyl/N-ethyl adjacent to an activating group) is 1. The molecule has 0 saturated heterocycles. The van der Waals surface area contributed by atoms with E-state index in [0.717, 1.165) is 36.3 Å². The first-order valence-corrected chi connectivity index (χ1v) is 10.9. The van der Waals surface area contributed by atoms with E-state index < -0.39 is 0 Å². The van der Waals surface area contributed by atoms with Gasteiger partial charge in [0.15, 0.2) is 5.96 Å². The Morgan fingerprint density at radius 1 is 1.28 bits per heavy atom. The normalized spacial score (nSPS) is 15.3. The second-order valence-corrected chi connectivity index (χ2v) is 7.88. The Balaban J connectivity index is 0.00000363. The molecule has 176 valence electrons. The molecule has 32 heavy (non-hydrogen) atoms. The third-order valence-corrected chi connectivity index (χ3v) is 5.60. The third-order valence-electron chi connectivity index (χ3n) is 5.60. The predicted octanol–water partition coefficient (Wildman–Crippen LogP) is 2.81. The van der Waals surface area contributed by atoms with Crippen LogP contribution < -0.4 is 15.4 Å². The Morgan fingerprint density at radius 2 is 2.03 bits per heavy atom. The van der Waals surface area contributed by atoms with Crippen LogP contribution in [0.3, 0.4) is 0 Å². The highest BCUT2D eigenvalue weighted by Gasteiger charge is 2.22. The molecule has 0 aliphatic carbocycles. The fraction of sp³-hybridized carbons (Fsp3) is 0.522. The number of para-hydroxylation sites is 1. The van der Waals surface area contributed by atoms with E-state index in [1.165, 1.54) is 11.3 Å². The number of ether oxygens (including phenoxy) is 1. The standard InChI is InChI=1S/C23H34N6O2.HI/c1-6-18-17(20(7-2)29(5)27-18)14-24-23(25-15-22(30)28(3)4)26-19-12-13-31-21-11-9-8-10-16(19)21;/h8-11,19H,6-7,12-15H2,1-5H3,(H2,24,25,26);1H. The summed E-state index contributed by atoms with van der Waals surface area (Å²) in [5.41, 5.74) is 4.54. The third kappa shape index (κ3) is 6.14. The number of nitrogens with one attached hydrogen (secondary N) is 2. The molecule has 1 aliphatic heterocycles. The van der Waals surface area contributed by atoms with Crippen LogP contribution in [0.2, 0.25) is 0 Å². The number of fused-ring (bicyclic) bond motifs is 1. The molecule has 0 spiro atoms. The van der Waals surface area contributed by atoms with Gasteiger partial charge < -0.3 is 20.3 Å². The lowest BCUT2D eigenvalue weighted by molar-refractivity contribution is -0.127. The van der Waals surface area contributed by atoms with Gasteiger partial charge in [0.05, 0.1) is 31.4 Å². The first-order chi connectivity index (χ1) is 14.9.